The van der Waals surface area contributed by atoms with Crippen LogP contribution in [0.15, 0.2) is 24.8 Å². The molecule has 0 atom stereocenters. The van der Waals surface area contributed by atoms with E-state index in [1.54, 1.807) is 0 Å². The number of nitrogens with one attached hydrogen (secondary N) is 1. The Hall–Kier alpha value is -1.42. The molecule has 4 nitrogen and oxygen atoms in total. The normalized spacial score (nSPS) is 11.4. The van der Waals surface area contributed by atoms with Crippen molar-refractivity contribution in [2.75, 3.05) is 18.5 Å². The lowest BCUT2D eigenvalue weighted by molar-refractivity contribution is 0.420. The molecule has 106 valence electrons. The molecule has 1 rings (SSSR count). The summed E-state index contributed by atoms with van der Waals surface area (Å²) in [4.78, 5) is 2.12. The van der Waals surface area contributed by atoms with Crippen LogP contribution in [0.4, 0.5) is 5.82 Å². The van der Waals surface area contributed by atoms with Crippen LogP contribution in [0.5, 0.6) is 0 Å². The van der Waals surface area contributed by atoms with E-state index < -0.39 is 0 Å². The van der Waals surface area contributed by atoms with E-state index in [4.69, 9.17) is 0 Å². The van der Waals surface area contributed by atoms with E-state index in [1.807, 2.05) is 25.3 Å². The summed E-state index contributed by atoms with van der Waals surface area (Å²) in [5.41, 5.74) is 1.07. The van der Waals surface area contributed by atoms with Gasteiger partial charge in [-0.05, 0) is 45.7 Å². The highest BCUT2D eigenvalue weighted by Crippen LogP contribution is 2.09. The predicted molar refractivity (Wildman–Crippen MR) is 81.3 cm³/mol. The highest BCUT2D eigenvalue weighted by molar-refractivity contribution is 5.35. The molecule has 0 aliphatic carbocycles. The number of nitrogens with zero attached hydrogens (tertiary/aromatic N) is 3. The van der Waals surface area contributed by atoms with Crippen molar-refractivity contribution in [1.29, 1.82) is 0 Å². The topological polar surface area (TPSA) is 41.0 Å². The first-order valence-corrected chi connectivity index (χ1v) is 6.82. The minimum absolute atomic E-state index is 0.0990. The van der Waals surface area contributed by atoms with Gasteiger partial charge in [0.05, 0.1) is 5.69 Å². The highest BCUT2D eigenvalue weighted by atomic mass is 15.2. The Morgan fingerprint density at radius 1 is 1.32 bits per heavy atom. The van der Waals surface area contributed by atoms with Gasteiger partial charge in [-0.3, -0.25) is 0 Å². The second-order valence-electron chi connectivity index (χ2n) is 5.84. The lowest BCUT2D eigenvalue weighted by Crippen LogP contribution is -2.35. The maximum absolute atomic E-state index is 4.27. The van der Waals surface area contributed by atoms with Gasteiger partial charge in [0, 0.05) is 25.7 Å². The van der Waals surface area contributed by atoms with E-state index in [0.717, 1.165) is 37.4 Å². The molecule has 0 aromatic carbocycles. The van der Waals surface area contributed by atoms with Crippen LogP contribution in [0.1, 0.15) is 39.3 Å². The first-order valence-electron chi connectivity index (χ1n) is 6.82. The quantitative estimate of drug-likeness (QED) is 0.606. The molecule has 0 fully saturated rings. The van der Waals surface area contributed by atoms with Crippen LogP contribution in [0.3, 0.4) is 0 Å². The van der Waals surface area contributed by atoms with Crippen molar-refractivity contribution in [3.8, 4) is 0 Å². The first kappa shape index (κ1) is 15.6. The Balaban J connectivity index is 2.48. The van der Waals surface area contributed by atoms with Crippen LogP contribution in [0, 0.1) is 0 Å². The van der Waals surface area contributed by atoms with Crippen LogP contribution in [0.2, 0.25) is 0 Å². The molecule has 1 aromatic rings. The molecule has 0 spiro atoms. The fraction of sp³-hybridized carbons (Fsp3) is 0.600. The molecule has 0 saturated heterocycles. The minimum atomic E-state index is 0.0990. The summed E-state index contributed by atoms with van der Waals surface area (Å²) in [7, 11) is 2.04. The zero-order chi connectivity index (χ0) is 14.3. The molecule has 1 aromatic heterocycles. The largest absolute Gasteiger partial charge is 0.358 e. The van der Waals surface area contributed by atoms with Crippen molar-refractivity contribution < 1.29 is 0 Å². The lowest BCUT2D eigenvalue weighted by Gasteiger charge is -2.20. The summed E-state index contributed by atoms with van der Waals surface area (Å²) in [5, 5.41) is 11.9. The molecule has 0 saturated carbocycles. The van der Waals surface area contributed by atoms with Crippen molar-refractivity contribution in [2.45, 2.75) is 45.7 Å². The summed E-state index contributed by atoms with van der Waals surface area (Å²) < 4.78 is 0. The van der Waals surface area contributed by atoms with Crippen LogP contribution in [0.25, 0.3) is 0 Å². The number of allylic oxidation sites excluding steroid dienone is 1. The molecule has 4 heteroatoms. The summed E-state index contributed by atoms with van der Waals surface area (Å²) >= 11 is 0. The fourth-order valence-corrected chi connectivity index (χ4v) is 1.59. The van der Waals surface area contributed by atoms with Gasteiger partial charge in [-0.2, -0.15) is 5.10 Å². The number of anilines is 1. The summed E-state index contributed by atoms with van der Waals surface area (Å²) in [5.74, 6) is 0.920. The molecule has 1 heterocycles. The number of rotatable bonds is 7. The third-order valence-electron chi connectivity index (χ3n) is 2.80. The SMILES string of the molecule is C=CCCCN(C)c1ccc(CNC(C)(C)C)nn1. The van der Waals surface area contributed by atoms with E-state index in [0.29, 0.717) is 0 Å². The second kappa shape index (κ2) is 7.24. The van der Waals surface area contributed by atoms with Gasteiger partial charge in [0.25, 0.3) is 0 Å². The van der Waals surface area contributed by atoms with Gasteiger partial charge in [-0.15, -0.1) is 11.7 Å². The number of hydrogen-bond donors (Lipinski definition) is 1. The Morgan fingerprint density at radius 2 is 2.05 bits per heavy atom. The van der Waals surface area contributed by atoms with Gasteiger partial charge in [0.15, 0.2) is 5.82 Å². The Bertz CT molecular complexity index is 378. The molecule has 0 unspecified atom stereocenters. The van der Waals surface area contributed by atoms with Crippen molar-refractivity contribution in [2.24, 2.45) is 0 Å². The second-order valence-corrected chi connectivity index (χ2v) is 5.84. The third-order valence-corrected chi connectivity index (χ3v) is 2.80. The molecule has 0 bridgehead atoms. The van der Waals surface area contributed by atoms with Crippen molar-refractivity contribution in [3.05, 3.63) is 30.5 Å². The molecule has 0 radical (unpaired) electrons. The molecular weight excluding hydrogens is 236 g/mol. The molecule has 19 heavy (non-hydrogen) atoms. The van der Waals surface area contributed by atoms with Crippen LogP contribution < -0.4 is 10.2 Å². The number of aromatic nitrogens is 2. The average molecular weight is 262 g/mol. The maximum atomic E-state index is 4.27. The predicted octanol–water partition coefficient (Wildman–Crippen LogP) is 2.77. The zero-order valence-electron chi connectivity index (χ0n) is 12.6. The van der Waals surface area contributed by atoms with E-state index in [9.17, 15) is 0 Å². The number of hydrogen-bond acceptors (Lipinski definition) is 4. The van der Waals surface area contributed by atoms with E-state index in [2.05, 4.69) is 47.8 Å². The van der Waals surface area contributed by atoms with Gasteiger partial charge >= 0.3 is 0 Å². The number of unbranched alkanes of at least 4 members (excludes halogenated alkanes) is 1. The van der Waals surface area contributed by atoms with Gasteiger partial charge in [-0.1, -0.05) is 6.08 Å². The first-order chi connectivity index (χ1) is 8.92. The minimum Gasteiger partial charge on any atom is -0.358 e. The smallest absolute Gasteiger partial charge is 0.150 e. The van der Waals surface area contributed by atoms with E-state index in [1.165, 1.54) is 0 Å². The fourth-order valence-electron chi connectivity index (χ4n) is 1.59. The highest BCUT2D eigenvalue weighted by Gasteiger charge is 2.09. The summed E-state index contributed by atoms with van der Waals surface area (Å²) in [6, 6.07) is 4.06. The van der Waals surface area contributed by atoms with Crippen molar-refractivity contribution in [1.82, 2.24) is 15.5 Å². The Morgan fingerprint density at radius 3 is 2.58 bits per heavy atom. The van der Waals surface area contributed by atoms with Gasteiger partial charge in [0.2, 0.25) is 0 Å². The van der Waals surface area contributed by atoms with Crippen LogP contribution in [-0.2, 0) is 6.54 Å². The van der Waals surface area contributed by atoms with E-state index in [-0.39, 0.29) is 5.54 Å². The summed E-state index contributed by atoms with van der Waals surface area (Å²) in [6.45, 7) is 11.9. The Labute approximate surface area is 116 Å². The third kappa shape index (κ3) is 6.34. The monoisotopic (exact) mass is 262 g/mol. The molecule has 0 aliphatic heterocycles. The molecule has 1 N–H and O–H groups in total. The van der Waals surface area contributed by atoms with Crippen molar-refractivity contribution >= 4 is 5.82 Å². The van der Waals surface area contributed by atoms with Gasteiger partial charge in [0.1, 0.15) is 0 Å². The average Bonchev–Trinajstić information content (AvgIpc) is 2.36. The zero-order valence-corrected chi connectivity index (χ0v) is 12.6. The van der Waals surface area contributed by atoms with Crippen LogP contribution >= 0.6 is 0 Å². The molecule has 0 amide bonds. The van der Waals surface area contributed by atoms with Gasteiger partial charge in [-0.25, -0.2) is 0 Å². The Kier molecular flexibility index (Phi) is 5.96. The molecule has 0 aliphatic rings. The summed E-state index contributed by atoms with van der Waals surface area (Å²) in [6.07, 6.45) is 4.07. The molecular formula is C15H26N4. The van der Waals surface area contributed by atoms with E-state index >= 15 is 0 Å². The van der Waals surface area contributed by atoms with Crippen LogP contribution in [-0.4, -0.2) is 29.3 Å². The lowest BCUT2D eigenvalue weighted by atomic mass is 10.1. The van der Waals surface area contributed by atoms with Gasteiger partial charge < -0.3 is 10.2 Å². The maximum Gasteiger partial charge on any atom is 0.150 e. The standard InChI is InChI=1S/C15H26N4/c1-6-7-8-11-19(5)14-10-9-13(17-18-14)12-16-15(2,3)4/h6,9-10,16H,1,7-8,11-12H2,2-5H3. The van der Waals surface area contributed by atoms with Crippen molar-refractivity contribution in [3.63, 3.8) is 0 Å².